The third kappa shape index (κ3) is 3.57. The summed E-state index contributed by atoms with van der Waals surface area (Å²) in [5, 5.41) is 3.13. The van der Waals surface area contributed by atoms with Crippen molar-refractivity contribution in [2.75, 3.05) is 26.2 Å². The zero-order chi connectivity index (χ0) is 18.1. The van der Waals surface area contributed by atoms with Crippen LogP contribution in [-0.2, 0) is 9.59 Å². The van der Waals surface area contributed by atoms with Crippen LogP contribution in [0.15, 0.2) is 24.3 Å². The standard InChI is InChI=1S/C21H28N2O3/c1-15-4-2-5-17(10-15)26-13-19(24)23-12-18(21(14-23)8-3-9-21)20(25)22-11-16-6-7-16/h2,4-5,10,16,18H,3,6-9,11-14H2,1H3,(H,22,25). The quantitative estimate of drug-likeness (QED) is 0.852. The van der Waals surface area contributed by atoms with Crippen LogP contribution in [0.3, 0.4) is 0 Å². The molecule has 26 heavy (non-hydrogen) atoms. The van der Waals surface area contributed by atoms with E-state index in [2.05, 4.69) is 5.32 Å². The first-order valence-electron chi connectivity index (χ1n) is 9.81. The number of aryl methyl sites for hydroxylation is 1. The van der Waals surface area contributed by atoms with Crippen molar-refractivity contribution in [3.63, 3.8) is 0 Å². The van der Waals surface area contributed by atoms with E-state index in [0.29, 0.717) is 19.0 Å². The number of carbonyl (C=O) groups excluding carboxylic acids is 2. The maximum Gasteiger partial charge on any atom is 0.260 e. The number of benzene rings is 1. The van der Waals surface area contributed by atoms with Crippen LogP contribution in [0.1, 0.15) is 37.7 Å². The molecule has 0 aromatic heterocycles. The molecule has 2 aliphatic carbocycles. The molecule has 1 aromatic rings. The lowest BCUT2D eigenvalue weighted by atomic mass is 9.62. The van der Waals surface area contributed by atoms with Gasteiger partial charge in [-0.3, -0.25) is 9.59 Å². The lowest BCUT2D eigenvalue weighted by molar-refractivity contribution is -0.133. The van der Waals surface area contributed by atoms with Gasteiger partial charge in [-0.1, -0.05) is 18.6 Å². The largest absolute Gasteiger partial charge is 0.484 e. The molecule has 0 bridgehead atoms. The minimum atomic E-state index is -0.0575. The van der Waals surface area contributed by atoms with Crippen molar-refractivity contribution in [1.82, 2.24) is 10.2 Å². The molecule has 140 valence electrons. The summed E-state index contributed by atoms with van der Waals surface area (Å²) in [6.07, 6.45) is 5.73. The lowest BCUT2D eigenvalue weighted by Crippen LogP contribution is -2.45. The lowest BCUT2D eigenvalue weighted by Gasteiger charge is -2.41. The molecular formula is C21H28N2O3. The Labute approximate surface area is 155 Å². The molecule has 3 fully saturated rings. The van der Waals surface area contributed by atoms with Crippen molar-refractivity contribution >= 4 is 11.8 Å². The smallest absolute Gasteiger partial charge is 0.260 e. The number of hydrogen-bond donors (Lipinski definition) is 1. The first kappa shape index (κ1) is 17.4. The van der Waals surface area contributed by atoms with E-state index in [4.69, 9.17) is 4.74 Å². The Morgan fingerprint density at radius 2 is 2.12 bits per heavy atom. The van der Waals surface area contributed by atoms with Crippen molar-refractivity contribution in [3.05, 3.63) is 29.8 Å². The minimum absolute atomic E-state index is 0.00658. The average molecular weight is 356 g/mol. The molecule has 3 aliphatic rings. The van der Waals surface area contributed by atoms with Gasteiger partial charge in [-0.15, -0.1) is 0 Å². The van der Waals surface area contributed by atoms with E-state index in [-0.39, 0.29) is 29.8 Å². The van der Waals surface area contributed by atoms with Crippen LogP contribution in [0, 0.1) is 24.2 Å². The van der Waals surface area contributed by atoms with Crippen LogP contribution in [0.4, 0.5) is 0 Å². The van der Waals surface area contributed by atoms with Gasteiger partial charge in [0.15, 0.2) is 6.61 Å². The van der Waals surface area contributed by atoms with Crippen molar-refractivity contribution in [1.29, 1.82) is 0 Å². The van der Waals surface area contributed by atoms with Gasteiger partial charge >= 0.3 is 0 Å². The highest BCUT2D eigenvalue weighted by atomic mass is 16.5. The number of nitrogens with one attached hydrogen (secondary N) is 1. The van der Waals surface area contributed by atoms with Crippen molar-refractivity contribution < 1.29 is 14.3 Å². The Kier molecular flexibility index (Phi) is 4.63. The molecule has 5 heteroatoms. The molecule has 5 nitrogen and oxygen atoms in total. The van der Waals surface area contributed by atoms with Crippen LogP contribution in [0.25, 0.3) is 0 Å². The number of nitrogens with zero attached hydrogens (tertiary/aromatic N) is 1. The van der Waals surface area contributed by atoms with E-state index in [9.17, 15) is 9.59 Å². The molecule has 0 radical (unpaired) electrons. The van der Waals surface area contributed by atoms with Crippen LogP contribution in [-0.4, -0.2) is 43.0 Å². The average Bonchev–Trinajstić information content (AvgIpc) is 3.33. The molecule has 1 heterocycles. The SMILES string of the molecule is Cc1cccc(OCC(=O)N2CC(C(=O)NCC3CC3)C3(CCC3)C2)c1. The Morgan fingerprint density at radius 1 is 1.31 bits per heavy atom. The fourth-order valence-electron chi connectivity index (χ4n) is 4.29. The van der Waals surface area contributed by atoms with E-state index >= 15 is 0 Å². The van der Waals surface area contributed by atoms with E-state index < -0.39 is 0 Å². The van der Waals surface area contributed by atoms with Gasteiger partial charge in [0, 0.05) is 25.0 Å². The van der Waals surface area contributed by atoms with Gasteiger partial charge in [-0.05, 0) is 56.2 Å². The van der Waals surface area contributed by atoms with E-state index in [0.717, 1.165) is 37.1 Å². The number of likely N-dealkylation sites (tertiary alicyclic amines) is 1. The summed E-state index contributed by atoms with van der Waals surface area (Å²) in [5.41, 5.74) is 1.11. The zero-order valence-corrected chi connectivity index (χ0v) is 15.5. The van der Waals surface area contributed by atoms with Gasteiger partial charge in [0.2, 0.25) is 5.91 Å². The van der Waals surface area contributed by atoms with Crippen LogP contribution in [0.5, 0.6) is 5.75 Å². The van der Waals surface area contributed by atoms with Gasteiger partial charge in [-0.2, -0.15) is 0 Å². The number of amides is 2. The van der Waals surface area contributed by atoms with Gasteiger partial charge in [0.25, 0.3) is 5.91 Å². The zero-order valence-electron chi connectivity index (χ0n) is 15.5. The molecule has 1 aromatic carbocycles. The molecule has 1 atom stereocenters. The number of hydrogen-bond acceptors (Lipinski definition) is 3. The second kappa shape index (κ2) is 6.93. The highest BCUT2D eigenvalue weighted by Crippen LogP contribution is 2.51. The summed E-state index contributed by atoms with van der Waals surface area (Å²) in [6.45, 7) is 4.07. The third-order valence-corrected chi connectivity index (χ3v) is 6.28. The van der Waals surface area contributed by atoms with E-state index in [1.54, 1.807) is 0 Å². The highest BCUT2D eigenvalue weighted by Gasteiger charge is 2.54. The van der Waals surface area contributed by atoms with Crippen molar-refractivity contribution in [2.24, 2.45) is 17.3 Å². The highest BCUT2D eigenvalue weighted by molar-refractivity contribution is 5.84. The molecule has 1 unspecified atom stereocenters. The number of ether oxygens (including phenoxy) is 1. The topological polar surface area (TPSA) is 58.6 Å². The molecule has 2 amide bonds. The van der Waals surface area contributed by atoms with Crippen molar-refractivity contribution in [2.45, 2.75) is 39.0 Å². The number of carbonyl (C=O) groups is 2. The third-order valence-electron chi connectivity index (χ3n) is 6.28. The Bertz CT molecular complexity index is 694. The molecule has 1 N–H and O–H groups in total. The number of rotatable bonds is 6. The van der Waals surface area contributed by atoms with E-state index in [1.807, 2.05) is 36.1 Å². The molecule has 2 saturated carbocycles. The van der Waals surface area contributed by atoms with Crippen LogP contribution >= 0.6 is 0 Å². The fourth-order valence-corrected chi connectivity index (χ4v) is 4.29. The van der Waals surface area contributed by atoms with E-state index in [1.165, 1.54) is 12.8 Å². The van der Waals surface area contributed by atoms with Gasteiger partial charge in [0.05, 0.1) is 5.92 Å². The second-order valence-electron chi connectivity index (χ2n) is 8.34. The Balaban J connectivity index is 1.34. The second-order valence-corrected chi connectivity index (χ2v) is 8.34. The normalized spacial score (nSPS) is 23.6. The fraction of sp³-hybridized carbons (Fsp3) is 0.619. The van der Waals surface area contributed by atoms with Gasteiger partial charge < -0.3 is 15.0 Å². The summed E-state index contributed by atoms with van der Waals surface area (Å²) in [5.74, 6) is 1.47. The van der Waals surface area contributed by atoms with Gasteiger partial charge in [0.1, 0.15) is 5.75 Å². The molecular weight excluding hydrogens is 328 g/mol. The van der Waals surface area contributed by atoms with Crippen LogP contribution < -0.4 is 10.1 Å². The molecule has 1 saturated heterocycles. The summed E-state index contributed by atoms with van der Waals surface area (Å²) in [7, 11) is 0. The molecule has 4 rings (SSSR count). The van der Waals surface area contributed by atoms with Crippen LogP contribution in [0.2, 0.25) is 0 Å². The summed E-state index contributed by atoms with van der Waals surface area (Å²) in [4.78, 5) is 27.2. The first-order valence-corrected chi connectivity index (χ1v) is 9.81. The van der Waals surface area contributed by atoms with Gasteiger partial charge in [-0.25, -0.2) is 0 Å². The Morgan fingerprint density at radius 3 is 2.77 bits per heavy atom. The summed E-state index contributed by atoms with van der Waals surface area (Å²) < 4.78 is 5.67. The maximum atomic E-state index is 12.7. The Hall–Kier alpha value is -2.04. The summed E-state index contributed by atoms with van der Waals surface area (Å²) in [6, 6.07) is 7.72. The predicted octanol–water partition coefficient (Wildman–Crippen LogP) is 2.53. The summed E-state index contributed by atoms with van der Waals surface area (Å²) >= 11 is 0. The predicted molar refractivity (Wildman–Crippen MR) is 98.8 cm³/mol. The maximum absolute atomic E-state index is 12.7. The molecule has 1 spiro atoms. The molecule has 1 aliphatic heterocycles. The first-order chi connectivity index (χ1) is 12.6. The minimum Gasteiger partial charge on any atom is -0.484 e. The monoisotopic (exact) mass is 356 g/mol. The van der Waals surface area contributed by atoms with Crippen molar-refractivity contribution in [3.8, 4) is 5.75 Å².